The van der Waals surface area contributed by atoms with Crippen LogP contribution in [-0.4, -0.2) is 20.5 Å². The number of ether oxygens (including phenoxy) is 1. The van der Waals surface area contributed by atoms with Crippen LogP contribution < -0.4 is 10.1 Å². The van der Waals surface area contributed by atoms with Gasteiger partial charge >= 0.3 is 0 Å². The number of pyridine rings is 1. The first-order chi connectivity index (χ1) is 14.1. The van der Waals surface area contributed by atoms with Gasteiger partial charge in [-0.05, 0) is 36.4 Å². The summed E-state index contributed by atoms with van der Waals surface area (Å²) in [4.78, 5) is 16.4. The van der Waals surface area contributed by atoms with Gasteiger partial charge in [0.05, 0.1) is 5.56 Å². The van der Waals surface area contributed by atoms with Gasteiger partial charge in [-0.1, -0.05) is 18.2 Å². The van der Waals surface area contributed by atoms with Crippen molar-refractivity contribution in [2.75, 3.05) is 0 Å². The summed E-state index contributed by atoms with van der Waals surface area (Å²) in [5.74, 6) is -0.843. The van der Waals surface area contributed by atoms with Gasteiger partial charge in [0, 0.05) is 23.9 Å². The van der Waals surface area contributed by atoms with Gasteiger partial charge in [-0.15, -0.1) is 0 Å². The minimum absolute atomic E-state index is 0.0159. The average Bonchev–Trinajstić information content (AvgIpc) is 3.21. The van der Waals surface area contributed by atoms with E-state index in [1.165, 1.54) is 35.1 Å². The van der Waals surface area contributed by atoms with Crippen LogP contribution >= 0.6 is 0 Å². The molecule has 1 amide bonds. The number of halogens is 2. The Morgan fingerprint density at radius 2 is 1.86 bits per heavy atom. The smallest absolute Gasteiger partial charge is 0.253 e. The maximum absolute atomic E-state index is 14.1. The highest BCUT2D eigenvalue weighted by Crippen LogP contribution is 2.19. The maximum atomic E-state index is 14.1. The number of carbonyl (C=O) groups excluding carboxylic acids is 1. The van der Waals surface area contributed by atoms with E-state index in [1.807, 2.05) is 0 Å². The SMILES string of the molecule is O=C(NCc1cc(OCc2ccccc2F)ccc1F)c1ccc2ncnn2c1. The zero-order valence-corrected chi connectivity index (χ0v) is 15.2. The Bertz CT molecular complexity index is 1180. The number of fused-ring (bicyclic) bond motifs is 1. The Labute approximate surface area is 164 Å². The number of carbonyl (C=O) groups is 1. The predicted molar refractivity (Wildman–Crippen MR) is 101 cm³/mol. The Hall–Kier alpha value is -3.81. The molecule has 0 unspecified atom stereocenters. The second-order valence-electron chi connectivity index (χ2n) is 6.30. The first-order valence-corrected chi connectivity index (χ1v) is 8.82. The highest BCUT2D eigenvalue weighted by atomic mass is 19.1. The minimum atomic E-state index is -0.477. The van der Waals surface area contributed by atoms with Crippen molar-refractivity contribution in [3.05, 3.63) is 95.4 Å². The molecule has 146 valence electrons. The number of nitrogens with zero attached hydrogens (tertiary/aromatic N) is 3. The van der Waals surface area contributed by atoms with Crippen molar-refractivity contribution in [3.63, 3.8) is 0 Å². The van der Waals surface area contributed by atoms with Crippen molar-refractivity contribution < 1.29 is 18.3 Å². The van der Waals surface area contributed by atoms with Crippen LogP contribution in [0.15, 0.2) is 67.1 Å². The number of amides is 1. The summed E-state index contributed by atoms with van der Waals surface area (Å²) in [6.07, 6.45) is 2.93. The summed E-state index contributed by atoms with van der Waals surface area (Å²) in [6, 6.07) is 13.7. The third-order valence-corrected chi connectivity index (χ3v) is 4.35. The molecule has 0 radical (unpaired) electrons. The Morgan fingerprint density at radius 3 is 2.72 bits per heavy atom. The fraction of sp³-hybridized carbons (Fsp3) is 0.0952. The highest BCUT2D eigenvalue weighted by molar-refractivity contribution is 5.94. The molecular weight excluding hydrogens is 378 g/mol. The molecule has 1 N–H and O–H groups in total. The second kappa shape index (κ2) is 8.05. The highest BCUT2D eigenvalue weighted by Gasteiger charge is 2.11. The van der Waals surface area contributed by atoms with Crippen LogP contribution in [0.25, 0.3) is 5.65 Å². The third-order valence-electron chi connectivity index (χ3n) is 4.35. The van der Waals surface area contributed by atoms with E-state index < -0.39 is 5.82 Å². The van der Waals surface area contributed by atoms with Crippen molar-refractivity contribution in [2.45, 2.75) is 13.2 Å². The molecule has 0 saturated carbocycles. The molecule has 4 rings (SSSR count). The summed E-state index contributed by atoms with van der Waals surface area (Å²) in [5.41, 5.74) is 1.64. The third kappa shape index (κ3) is 4.21. The van der Waals surface area contributed by atoms with E-state index in [2.05, 4.69) is 15.4 Å². The summed E-state index contributed by atoms with van der Waals surface area (Å²) in [6.45, 7) is -0.0149. The predicted octanol–water partition coefficient (Wildman–Crippen LogP) is 3.52. The molecule has 6 nitrogen and oxygen atoms in total. The van der Waals surface area contributed by atoms with Gasteiger partial charge in [0.2, 0.25) is 0 Å². The lowest BCUT2D eigenvalue weighted by molar-refractivity contribution is 0.0950. The molecule has 0 spiro atoms. The van der Waals surface area contributed by atoms with Gasteiger partial charge in [-0.2, -0.15) is 5.10 Å². The van der Waals surface area contributed by atoms with Crippen LogP contribution in [0.5, 0.6) is 5.75 Å². The van der Waals surface area contributed by atoms with Crippen molar-refractivity contribution in [1.29, 1.82) is 0 Å². The summed E-state index contributed by atoms with van der Waals surface area (Å²) in [5, 5.41) is 6.65. The van der Waals surface area contributed by atoms with E-state index >= 15 is 0 Å². The van der Waals surface area contributed by atoms with E-state index in [0.717, 1.165) is 0 Å². The number of rotatable bonds is 6. The number of benzene rings is 2. The van der Waals surface area contributed by atoms with Crippen LogP contribution in [0.2, 0.25) is 0 Å². The number of aromatic nitrogens is 3. The molecule has 2 aromatic heterocycles. The lowest BCUT2D eigenvalue weighted by Crippen LogP contribution is -2.23. The van der Waals surface area contributed by atoms with E-state index in [-0.39, 0.29) is 30.4 Å². The van der Waals surface area contributed by atoms with Gasteiger partial charge in [0.1, 0.15) is 30.3 Å². The van der Waals surface area contributed by atoms with E-state index in [9.17, 15) is 13.6 Å². The Morgan fingerprint density at radius 1 is 1.03 bits per heavy atom. The van der Waals surface area contributed by atoms with E-state index in [1.54, 1.807) is 36.5 Å². The van der Waals surface area contributed by atoms with Crippen LogP contribution in [0, 0.1) is 11.6 Å². The van der Waals surface area contributed by atoms with Crippen LogP contribution in [0.1, 0.15) is 21.5 Å². The number of nitrogens with one attached hydrogen (secondary N) is 1. The standard InChI is InChI=1S/C21H16F2N4O2/c22-18-4-2-1-3-15(18)12-29-17-6-7-19(23)16(9-17)10-24-21(28)14-5-8-20-25-13-26-27(20)11-14/h1-9,11,13H,10,12H2,(H,24,28). The molecular formula is C21H16F2N4O2. The van der Waals surface area contributed by atoms with Crippen LogP contribution in [0.3, 0.4) is 0 Å². The second-order valence-corrected chi connectivity index (χ2v) is 6.30. The minimum Gasteiger partial charge on any atom is -0.489 e. The Balaban J connectivity index is 1.42. The molecule has 0 aliphatic carbocycles. The zero-order chi connectivity index (χ0) is 20.2. The molecule has 0 saturated heterocycles. The van der Waals surface area contributed by atoms with E-state index in [4.69, 9.17) is 4.74 Å². The lowest BCUT2D eigenvalue weighted by atomic mass is 10.2. The van der Waals surface area contributed by atoms with Gasteiger partial charge in [-0.3, -0.25) is 4.79 Å². The molecule has 4 aromatic rings. The van der Waals surface area contributed by atoms with Crippen molar-refractivity contribution in [2.24, 2.45) is 0 Å². The van der Waals surface area contributed by atoms with E-state index in [0.29, 0.717) is 22.5 Å². The van der Waals surface area contributed by atoms with Crippen molar-refractivity contribution >= 4 is 11.6 Å². The van der Waals surface area contributed by atoms with Gasteiger partial charge in [0.25, 0.3) is 5.91 Å². The fourth-order valence-corrected chi connectivity index (χ4v) is 2.78. The molecule has 0 bridgehead atoms. The molecule has 8 heteroatoms. The summed E-state index contributed by atoms with van der Waals surface area (Å²) < 4.78 is 34.9. The maximum Gasteiger partial charge on any atom is 0.253 e. The van der Waals surface area contributed by atoms with Gasteiger partial charge < -0.3 is 10.1 Å². The van der Waals surface area contributed by atoms with Crippen molar-refractivity contribution in [3.8, 4) is 5.75 Å². The molecule has 0 aliphatic heterocycles. The van der Waals surface area contributed by atoms with Crippen LogP contribution in [-0.2, 0) is 13.2 Å². The molecule has 0 aliphatic rings. The topological polar surface area (TPSA) is 68.5 Å². The number of hydrogen-bond donors (Lipinski definition) is 1. The zero-order valence-electron chi connectivity index (χ0n) is 15.2. The quantitative estimate of drug-likeness (QED) is 0.543. The Kier molecular flexibility index (Phi) is 5.15. The molecule has 2 heterocycles. The van der Waals surface area contributed by atoms with Gasteiger partial charge in [0.15, 0.2) is 5.65 Å². The average molecular weight is 394 g/mol. The summed E-state index contributed by atoms with van der Waals surface area (Å²) in [7, 11) is 0. The monoisotopic (exact) mass is 394 g/mol. The first kappa shape index (κ1) is 18.5. The fourth-order valence-electron chi connectivity index (χ4n) is 2.78. The summed E-state index contributed by atoms with van der Waals surface area (Å²) >= 11 is 0. The first-order valence-electron chi connectivity index (χ1n) is 8.82. The number of hydrogen-bond acceptors (Lipinski definition) is 4. The van der Waals surface area contributed by atoms with Gasteiger partial charge in [-0.25, -0.2) is 18.3 Å². The lowest BCUT2D eigenvalue weighted by Gasteiger charge is -2.11. The van der Waals surface area contributed by atoms with Crippen molar-refractivity contribution in [1.82, 2.24) is 19.9 Å². The molecule has 0 fully saturated rings. The molecule has 0 atom stereocenters. The van der Waals surface area contributed by atoms with Crippen LogP contribution in [0.4, 0.5) is 8.78 Å². The molecule has 2 aromatic carbocycles. The molecule has 29 heavy (non-hydrogen) atoms. The largest absolute Gasteiger partial charge is 0.489 e. The normalized spacial score (nSPS) is 10.8.